The molecule has 3 aromatic rings. The molecule has 6 heteroatoms. The molecular formula is C22H25NO5. The van der Waals surface area contributed by atoms with E-state index in [0.29, 0.717) is 22.6 Å². The highest BCUT2D eigenvalue weighted by atomic mass is 16.5. The van der Waals surface area contributed by atoms with Crippen molar-refractivity contribution in [3.8, 4) is 28.7 Å². The minimum Gasteiger partial charge on any atom is -0.505 e. The molecule has 0 aromatic heterocycles. The Labute approximate surface area is 163 Å². The second-order valence-corrected chi connectivity index (χ2v) is 7.42. The van der Waals surface area contributed by atoms with E-state index in [1.54, 1.807) is 13.2 Å². The summed E-state index contributed by atoms with van der Waals surface area (Å²) in [7, 11) is 5.08. The summed E-state index contributed by atoms with van der Waals surface area (Å²) in [6.07, 6.45) is 0.824. The number of anilines is 1. The van der Waals surface area contributed by atoms with Crippen LogP contribution < -0.4 is 19.1 Å². The molecule has 0 spiro atoms. The number of ether oxygens (including phenoxy) is 3. The fourth-order valence-electron chi connectivity index (χ4n) is 4.11. The fourth-order valence-corrected chi connectivity index (χ4v) is 4.11. The van der Waals surface area contributed by atoms with Crippen molar-refractivity contribution in [1.82, 2.24) is 0 Å². The van der Waals surface area contributed by atoms with E-state index in [4.69, 9.17) is 14.2 Å². The minimum absolute atomic E-state index is 0.00811. The SMILES string of the molecule is COc1cc2c(cc1O)c(O)c1c3c(cc(OC(C)C)c(OC)c32)CCN1C. The van der Waals surface area contributed by atoms with E-state index < -0.39 is 0 Å². The van der Waals surface area contributed by atoms with Crippen molar-refractivity contribution in [1.29, 1.82) is 0 Å². The molecule has 2 N–H and O–H groups in total. The Morgan fingerprint density at radius 1 is 0.964 bits per heavy atom. The highest BCUT2D eigenvalue weighted by molar-refractivity contribution is 6.21. The maximum absolute atomic E-state index is 11.1. The van der Waals surface area contributed by atoms with Crippen molar-refractivity contribution in [3.63, 3.8) is 0 Å². The summed E-state index contributed by atoms with van der Waals surface area (Å²) >= 11 is 0. The maximum atomic E-state index is 11.1. The first kappa shape index (κ1) is 18.3. The molecule has 6 nitrogen and oxygen atoms in total. The van der Waals surface area contributed by atoms with Gasteiger partial charge in [0, 0.05) is 35.1 Å². The lowest BCUT2D eigenvalue weighted by molar-refractivity contribution is 0.231. The van der Waals surface area contributed by atoms with Crippen molar-refractivity contribution in [2.45, 2.75) is 26.4 Å². The number of benzene rings is 3. The Morgan fingerprint density at radius 2 is 1.71 bits per heavy atom. The molecule has 4 rings (SSSR count). The van der Waals surface area contributed by atoms with E-state index in [2.05, 4.69) is 0 Å². The van der Waals surface area contributed by atoms with E-state index >= 15 is 0 Å². The number of hydrogen-bond acceptors (Lipinski definition) is 6. The quantitative estimate of drug-likeness (QED) is 0.658. The summed E-state index contributed by atoms with van der Waals surface area (Å²) in [4.78, 5) is 2.04. The van der Waals surface area contributed by atoms with Gasteiger partial charge in [0.25, 0.3) is 0 Å². The zero-order chi connectivity index (χ0) is 20.2. The Morgan fingerprint density at radius 3 is 2.36 bits per heavy atom. The predicted octanol–water partition coefficient (Wildman–Crippen LogP) is 4.20. The van der Waals surface area contributed by atoms with E-state index in [1.807, 2.05) is 31.9 Å². The van der Waals surface area contributed by atoms with Crippen LogP contribution >= 0.6 is 0 Å². The molecule has 0 amide bonds. The van der Waals surface area contributed by atoms with Gasteiger partial charge < -0.3 is 29.3 Å². The van der Waals surface area contributed by atoms with Crippen molar-refractivity contribution < 1.29 is 24.4 Å². The number of methoxy groups -OCH3 is 2. The van der Waals surface area contributed by atoms with Gasteiger partial charge in [-0.15, -0.1) is 0 Å². The summed E-state index contributed by atoms with van der Waals surface area (Å²) in [5, 5.41) is 24.5. The smallest absolute Gasteiger partial charge is 0.169 e. The van der Waals surface area contributed by atoms with Crippen LogP contribution in [0.5, 0.6) is 28.7 Å². The van der Waals surface area contributed by atoms with Gasteiger partial charge in [-0.1, -0.05) is 0 Å². The first-order chi connectivity index (χ1) is 13.4. The monoisotopic (exact) mass is 383 g/mol. The van der Waals surface area contributed by atoms with Crippen LogP contribution in [0.3, 0.4) is 0 Å². The normalized spacial score (nSPS) is 13.4. The molecule has 0 fully saturated rings. The molecule has 3 aromatic carbocycles. The number of hydrogen-bond donors (Lipinski definition) is 2. The van der Waals surface area contributed by atoms with E-state index in [-0.39, 0.29) is 17.6 Å². The molecule has 1 aliphatic heterocycles. The number of phenolic OH excluding ortho intramolecular Hbond substituents is 2. The van der Waals surface area contributed by atoms with E-state index in [9.17, 15) is 10.2 Å². The van der Waals surface area contributed by atoms with Crippen molar-refractivity contribution in [2.75, 3.05) is 32.7 Å². The lowest BCUT2D eigenvalue weighted by Crippen LogP contribution is -2.25. The lowest BCUT2D eigenvalue weighted by Gasteiger charge is -2.31. The third-order valence-corrected chi connectivity index (χ3v) is 5.30. The van der Waals surface area contributed by atoms with Crippen LogP contribution in [0.15, 0.2) is 18.2 Å². The number of rotatable bonds is 4. The van der Waals surface area contributed by atoms with Gasteiger partial charge in [-0.25, -0.2) is 0 Å². The first-order valence-electron chi connectivity index (χ1n) is 9.34. The number of phenols is 2. The van der Waals surface area contributed by atoms with Gasteiger partial charge in [-0.2, -0.15) is 0 Å². The molecule has 1 aliphatic rings. The maximum Gasteiger partial charge on any atom is 0.169 e. The summed E-state index contributed by atoms with van der Waals surface area (Å²) in [5.74, 6) is 1.74. The molecule has 0 atom stereocenters. The van der Waals surface area contributed by atoms with Crippen LogP contribution in [0.4, 0.5) is 5.69 Å². The number of likely N-dealkylation sites (N-methyl/N-ethyl adjacent to an activating group) is 1. The molecule has 148 valence electrons. The summed E-state index contributed by atoms with van der Waals surface area (Å²) in [5.41, 5.74) is 1.84. The minimum atomic E-state index is -0.0240. The average Bonchev–Trinajstić information content (AvgIpc) is 2.65. The molecule has 28 heavy (non-hydrogen) atoms. The summed E-state index contributed by atoms with van der Waals surface area (Å²) in [6, 6.07) is 5.29. The molecule has 1 heterocycles. The van der Waals surface area contributed by atoms with Gasteiger partial charge >= 0.3 is 0 Å². The van der Waals surface area contributed by atoms with Crippen molar-refractivity contribution >= 4 is 27.2 Å². The highest BCUT2D eigenvalue weighted by Gasteiger charge is 2.28. The van der Waals surface area contributed by atoms with Crippen LogP contribution in [-0.4, -0.2) is 44.1 Å². The molecule has 0 bridgehead atoms. The molecular weight excluding hydrogens is 358 g/mol. The second-order valence-electron chi connectivity index (χ2n) is 7.42. The Bertz CT molecular complexity index is 1090. The zero-order valence-electron chi connectivity index (χ0n) is 16.8. The third kappa shape index (κ3) is 2.55. The zero-order valence-corrected chi connectivity index (χ0v) is 16.8. The number of fused-ring (bicyclic) bond motifs is 2. The van der Waals surface area contributed by atoms with Gasteiger partial charge in [0.15, 0.2) is 23.0 Å². The van der Waals surface area contributed by atoms with E-state index in [1.165, 1.54) is 13.2 Å². The van der Waals surface area contributed by atoms with Gasteiger partial charge in [-0.05, 0) is 44.0 Å². The molecule has 0 aliphatic carbocycles. The van der Waals surface area contributed by atoms with E-state index in [0.717, 1.165) is 40.4 Å². The van der Waals surface area contributed by atoms with Crippen molar-refractivity contribution in [2.24, 2.45) is 0 Å². The summed E-state index contributed by atoms with van der Waals surface area (Å²) in [6.45, 7) is 4.73. The standard InChI is InChI=1S/C22H25NO5/c1-11(2)28-17-8-12-6-7-23(3)20-18(12)19(22(17)27-5)13-10-16(26-4)15(24)9-14(13)21(20)25/h8-11,24-25H,6-7H2,1-5H3. The van der Waals surface area contributed by atoms with Crippen LogP contribution in [0.25, 0.3) is 21.5 Å². The Kier molecular flexibility index (Phi) is 4.29. The summed E-state index contributed by atoms with van der Waals surface area (Å²) < 4.78 is 17.2. The van der Waals surface area contributed by atoms with Crippen LogP contribution in [0.1, 0.15) is 19.4 Å². The topological polar surface area (TPSA) is 71.4 Å². The number of aromatic hydroxyl groups is 2. The average molecular weight is 383 g/mol. The third-order valence-electron chi connectivity index (χ3n) is 5.30. The van der Waals surface area contributed by atoms with Crippen molar-refractivity contribution in [3.05, 3.63) is 23.8 Å². The van der Waals surface area contributed by atoms with Crippen LogP contribution in [-0.2, 0) is 6.42 Å². The number of nitrogens with zero attached hydrogens (tertiary/aromatic N) is 1. The van der Waals surface area contributed by atoms with Gasteiger partial charge in [0.05, 0.1) is 26.0 Å². The fraction of sp³-hybridized carbons (Fsp3) is 0.364. The lowest BCUT2D eigenvalue weighted by atomic mass is 9.90. The van der Waals surface area contributed by atoms with Gasteiger partial charge in [0.1, 0.15) is 5.75 Å². The second kappa shape index (κ2) is 6.55. The first-order valence-corrected chi connectivity index (χ1v) is 9.34. The molecule has 0 saturated carbocycles. The predicted molar refractivity (Wildman–Crippen MR) is 111 cm³/mol. The van der Waals surface area contributed by atoms with Crippen LogP contribution in [0, 0.1) is 0 Å². The van der Waals surface area contributed by atoms with Crippen LogP contribution in [0.2, 0.25) is 0 Å². The Balaban J connectivity index is 2.26. The molecule has 0 saturated heterocycles. The van der Waals surface area contributed by atoms with Gasteiger partial charge in [-0.3, -0.25) is 0 Å². The van der Waals surface area contributed by atoms with Gasteiger partial charge in [0.2, 0.25) is 0 Å². The Hall–Kier alpha value is -3.02. The highest BCUT2D eigenvalue weighted by Crippen LogP contribution is 2.53. The molecule has 0 radical (unpaired) electrons. The molecule has 0 unspecified atom stereocenters. The largest absolute Gasteiger partial charge is 0.505 e.